The second kappa shape index (κ2) is 8.41. The first-order valence-corrected chi connectivity index (χ1v) is 9.28. The Kier molecular flexibility index (Phi) is 5.55. The highest BCUT2D eigenvalue weighted by atomic mass is 19.1. The summed E-state index contributed by atoms with van der Waals surface area (Å²) in [7, 11) is 0. The maximum atomic E-state index is 13.5. The molecule has 1 fully saturated rings. The van der Waals surface area contributed by atoms with Crippen molar-refractivity contribution in [2.45, 2.75) is 32.0 Å². The third-order valence-corrected chi connectivity index (χ3v) is 4.76. The molecule has 27 heavy (non-hydrogen) atoms. The van der Waals surface area contributed by atoms with E-state index < -0.39 is 0 Å². The van der Waals surface area contributed by atoms with Crippen molar-refractivity contribution in [2.24, 2.45) is 0 Å². The predicted molar refractivity (Wildman–Crippen MR) is 101 cm³/mol. The molecule has 3 aromatic rings. The van der Waals surface area contributed by atoms with Crippen LogP contribution in [-0.2, 0) is 17.8 Å². The molecule has 6 heteroatoms. The van der Waals surface area contributed by atoms with Crippen molar-refractivity contribution in [3.63, 3.8) is 0 Å². The zero-order valence-corrected chi connectivity index (χ0v) is 15.2. The Hall–Kier alpha value is -2.57. The molecule has 3 heterocycles. The maximum absolute atomic E-state index is 13.5. The normalized spacial score (nSPS) is 16.9. The Bertz CT molecular complexity index is 861. The number of rotatable bonds is 7. The number of hydrogen-bond acceptors (Lipinski definition) is 4. The molecule has 1 atom stereocenters. The van der Waals surface area contributed by atoms with Gasteiger partial charge in [-0.1, -0.05) is 6.07 Å². The minimum atomic E-state index is -0.262. The Labute approximate surface area is 158 Å². The van der Waals surface area contributed by atoms with Crippen molar-refractivity contribution in [2.75, 3.05) is 13.2 Å². The molecule has 0 amide bonds. The number of pyridine rings is 1. The van der Waals surface area contributed by atoms with Crippen molar-refractivity contribution in [1.29, 1.82) is 0 Å². The number of hydrogen-bond donors (Lipinski definition) is 0. The lowest BCUT2D eigenvalue weighted by molar-refractivity contribution is 0.0679. The highest BCUT2D eigenvalue weighted by molar-refractivity contribution is 5.31. The molecule has 0 N–H and O–H groups in total. The zero-order valence-electron chi connectivity index (χ0n) is 15.2. The molecule has 1 aromatic carbocycles. The SMILES string of the molecule is Fc1cccc(-n2cc(CN(Cc3ccncc3)CC3CCCO3)cn2)c1. The Morgan fingerprint density at radius 1 is 1.15 bits per heavy atom. The van der Waals surface area contributed by atoms with Crippen molar-refractivity contribution in [1.82, 2.24) is 19.7 Å². The van der Waals surface area contributed by atoms with Crippen molar-refractivity contribution in [3.8, 4) is 5.69 Å². The lowest BCUT2D eigenvalue weighted by Gasteiger charge is -2.24. The summed E-state index contributed by atoms with van der Waals surface area (Å²) >= 11 is 0. The fourth-order valence-corrected chi connectivity index (χ4v) is 3.47. The molecule has 2 aromatic heterocycles. The summed E-state index contributed by atoms with van der Waals surface area (Å²) in [5.41, 5.74) is 3.04. The van der Waals surface area contributed by atoms with Gasteiger partial charge in [-0.25, -0.2) is 9.07 Å². The van der Waals surface area contributed by atoms with Gasteiger partial charge in [0.1, 0.15) is 5.82 Å². The Balaban J connectivity index is 1.48. The molecular formula is C21H23FN4O. The average Bonchev–Trinajstić information content (AvgIpc) is 3.35. The van der Waals surface area contributed by atoms with E-state index in [0.29, 0.717) is 0 Å². The summed E-state index contributed by atoms with van der Waals surface area (Å²) in [5, 5.41) is 4.40. The van der Waals surface area contributed by atoms with Gasteiger partial charge in [0, 0.05) is 50.4 Å². The van der Waals surface area contributed by atoms with Gasteiger partial charge in [0.2, 0.25) is 0 Å². The number of ether oxygens (including phenoxy) is 1. The van der Waals surface area contributed by atoms with E-state index in [0.717, 1.165) is 50.3 Å². The molecule has 0 spiro atoms. The third kappa shape index (κ3) is 4.78. The first-order chi connectivity index (χ1) is 13.3. The van der Waals surface area contributed by atoms with Gasteiger partial charge in [-0.3, -0.25) is 9.88 Å². The van der Waals surface area contributed by atoms with Gasteiger partial charge in [-0.05, 0) is 48.7 Å². The largest absolute Gasteiger partial charge is 0.377 e. The van der Waals surface area contributed by atoms with Crippen LogP contribution in [0.3, 0.4) is 0 Å². The summed E-state index contributed by atoms with van der Waals surface area (Å²) < 4.78 is 21.0. The number of benzene rings is 1. The molecule has 1 aliphatic rings. The lowest BCUT2D eigenvalue weighted by Crippen LogP contribution is -2.31. The molecule has 0 saturated carbocycles. The molecule has 4 rings (SSSR count). The quantitative estimate of drug-likeness (QED) is 0.641. The van der Waals surface area contributed by atoms with E-state index in [-0.39, 0.29) is 11.9 Å². The summed E-state index contributed by atoms with van der Waals surface area (Å²) in [6.45, 7) is 3.32. The number of nitrogens with zero attached hydrogens (tertiary/aromatic N) is 4. The highest BCUT2D eigenvalue weighted by Gasteiger charge is 2.20. The summed E-state index contributed by atoms with van der Waals surface area (Å²) in [6, 6.07) is 10.5. The smallest absolute Gasteiger partial charge is 0.125 e. The van der Waals surface area contributed by atoms with Crippen molar-refractivity contribution in [3.05, 3.63) is 78.1 Å². The molecule has 1 saturated heterocycles. The minimum Gasteiger partial charge on any atom is -0.377 e. The van der Waals surface area contributed by atoms with Gasteiger partial charge < -0.3 is 4.74 Å². The monoisotopic (exact) mass is 366 g/mol. The van der Waals surface area contributed by atoms with Crippen LogP contribution < -0.4 is 0 Å². The van der Waals surface area contributed by atoms with Crippen molar-refractivity contribution < 1.29 is 9.13 Å². The molecule has 0 aliphatic carbocycles. The van der Waals surface area contributed by atoms with Crippen molar-refractivity contribution >= 4 is 0 Å². The number of halogens is 1. The van der Waals surface area contributed by atoms with E-state index in [4.69, 9.17) is 4.74 Å². The van der Waals surface area contributed by atoms with Crippen LogP contribution in [0, 0.1) is 5.82 Å². The van der Waals surface area contributed by atoms with Crippen LogP contribution >= 0.6 is 0 Å². The first kappa shape index (κ1) is 17.8. The van der Waals surface area contributed by atoms with E-state index in [2.05, 4.69) is 15.0 Å². The summed E-state index contributed by atoms with van der Waals surface area (Å²) in [4.78, 5) is 6.47. The predicted octanol–water partition coefficient (Wildman–Crippen LogP) is 3.59. The fraction of sp³-hybridized carbons (Fsp3) is 0.333. The van der Waals surface area contributed by atoms with Crippen LogP contribution in [0.4, 0.5) is 4.39 Å². The van der Waals surface area contributed by atoms with Crippen LogP contribution in [0.2, 0.25) is 0 Å². The first-order valence-electron chi connectivity index (χ1n) is 9.28. The summed E-state index contributed by atoms with van der Waals surface area (Å²) in [5.74, 6) is -0.262. The highest BCUT2D eigenvalue weighted by Crippen LogP contribution is 2.18. The second-order valence-corrected chi connectivity index (χ2v) is 6.93. The molecule has 0 radical (unpaired) electrons. The molecular weight excluding hydrogens is 343 g/mol. The van der Waals surface area contributed by atoms with Gasteiger partial charge in [0.15, 0.2) is 0 Å². The molecule has 0 bridgehead atoms. The van der Waals surface area contributed by atoms with E-state index in [1.165, 1.54) is 17.7 Å². The van der Waals surface area contributed by atoms with Gasteiger partial charge >= 0.3 is 0 Å². The zero-order chi connectivity index (χ0) is 18.5. The van der Waals surface area contributed by atoms with E-state index >= 15 is 0 Å². The third-order valence-electron chi connectivity index (χ3n) is 4.76. The average molecular weight is 366 g/mol. The standard InChI is InChI=1S/C21H23FN4O/c22-19-3-1-4-20(11-19)26-15-18(12-24-26)14-25(16-21-5-2-10-27-21)13-17-6-8-23-9-7-17/h1,3-4,6-9,11-12,15,21H,2,5,10,13-14,16H2. The van der Waals surface area contributed by atoms with Gasteiger partial charge in [-0.15, -0.1) is 0 Å². The fourth-order valence-electron chi connectivity index (χ4n) is 3.47. The lowest BCUT2D eigenvalue weighted by atomic mass is 10.2. The van der Waals surface area contributed by atoms with Crippen LogP contribution in [0.25, 0.3) is 5.69 Å². The second-order valence-electron chi connectivity index (χ2n) is 6.93. The number of aromatic nitrogens is 3. The van der Waals surface area contributed by atoms with Gasteiger partial charge in [0.05, 0.1) is 18.0 Å². The molecule has 5 nitrogen and oxygen atoms in total. The van der Waals surface area contributed by atoms with E-state index in [9.17, 15) is 4.39 Å². The van der Waals surface area contributed by atoms with Crippen LogP contribution in [0.5, 0.6) is 0 Å². The van der Waals surface area contributed by atoms with Crippen LogP contribution in [-0.4, -0.2) is 38.9 Å². The minimum absolute atomic E-state index is 0.262. The molecule has 1 unspecified atom stereocenters. The van der Waals surface area contributed by atoms with Gasteiger partial charge in [0.25, 0.3) is 0 Å². The van der Waals surface area contributed by atoms with Gasteiger partial charge in [-0.2, -0.15) is 5.10 Å². The molecule has 140 valence electrons. The van der Waals surface area contributed by atoms with E-state index in [1.807, 2.05) is 43.0 Å². The van der Waals surface area contributed by atoms with Crippen LogP contribution in [0.1, 0.15) is 24.0 Å². The molecule has 1 aliphatic heterocycles. The topological polar surface area (TPSA) is 43.2 Å². The maximum Gasteiger partial charge on any atom is 0.125 e. The summed E-state index contributed by atoms with van der Waals surface area (Å²) in [6.07, 6.45) is 9.97. The Morgan fingerprint density at radius 3 is 2.78 bits per heavy atom. The van der Waals surface area contributed by atoms with E-state index in [1.54, 1.807) is 10.7 Å². The Morgan fingerprint density at radius 2 is 2.00 bits per heavy atom. The van der Waals surface area contributed by atoms with Crippen LogP contribution in [0.15, 0.2) is 61.2 Å².